The highest BCUT2D eigenvalue weighted by Crippen LogP contribution is 2.43. The number of ether oxygens (including phenoxy) is 1. The van der Waals surface area contributed by atoms with Gasteiger partial charge in [0.2, 0.25) is 0 Å². The third-order valence-electron chi connectivity index (χ3n) is 5.14. The van der Waals surface area contributed by atoms with Crippen LogP contribution in [0, 0.1) is 17.0 Å². The van der Waals surface area contributed by atoms with Crippen LogP contribution in [0.25, 0.3) is 0 Å². The molecule has 1 saturated carbocycles. The summed E-state index contributed by atoms with van der Waals surface area (Å²) in [5, 5.41) is 2.83. The molecule has 1 amide bonds. The van der Waals surface area contributed by atoms with E-state index in [4.69, 9.17) is 4.74 Å². The summed E-state index contributed by atoms with van der Waals surface area (Å²) in [4.78, 5) is 18.9. The van der Waals surface area contributed by atoms with Gasteiger partial charge in [-0.25, -0.2) is 13.8 Å². The van der Waals surface area contributed by atoms with E-state index in [2.05, 4.69) is 24.1 Å². The van der Waals surface area contributed by atoms with Crippen LogP contribution in [-0.4, -0.2) is 36.0 Å². The van der Waals surface area contributed by atoms with E-state index in [0.717, 1.165) is 31.0 Å². The SMILES string of the molecule is COc1cc(Nc2cc(F)cc(F)c2)nc(C(=O)N(C)C2CCC2(C)C)c1. The summed E-state index contributed by atoms with van der Waals surface area (Å²) in [7, 11) is 3.25. The maximum Gasteiger partial charge on any atom is 0.272 e. The van der Waals surface area contributed by atoms with E-state index in [0.29, 0.717) is 5.75 Å². The third kappa shape index (κ3) is 4.02. The molecule has 1 N–H and O–H groups in total. The van der Waals surface area contributed by atoms with E-state index < -0.39 is 11.6 Å². The van der Waals surface area contributed by atoms with Crippen LogP contribution in [0.3, 0.4) is 0 Å². The molecular weight excluding hydrogens is 352 g/mol. The molecule has 0 radical (unpaired) electrons. The van der Waals surface area contributed by atoms with Crippen molar-refractivity contribution in [2.24, 2.45) is 5.41 Å². The zero-order valence-electron chi connectivity index (χ0n) is 15.8. The zero-order valence-corrected chi connectivity index (χ0v) is 15.8. The van der Waals surface area contributed by atoms with Gasteiger partial charge < -0.3 is 15.0 Å². The molecule has 1 aliphatic rings. The Morgan fingerprint density at radius 2 is 1.89 bits per heavy atom. The first-order valence-corrected chi connectivity index (χ1v) is 8.76. The number of benzene rings is 1. The topological polar surface area (TPSA) is 54.5 Å². The predicted molar refractivity (Wildman–Crippen MR) is 99.3 cm³/mol. The average Bonchev–Trinajstić information content (AvgIpc) is 2.58. The Kier molecular flexibility index (Phi) is 5.04. The molecule has 144 valence electrons. The lowest BCUT2D eigenvalue weighted by Crippen LogP contribution is -2.53. The van der Waals surface area contributed by atoms with Crippen LogP contribution >= 0.6 is 0 Å². The van der Waals surface area contributed by atoms with Gasteiger partial charge in [0.15, 0.2) is 0 Å². The molecular formula is C20H23F2N3O2. The van der Waals surface area contributed by atoms with Gasteiger partial charge in [-0.2, -0.15) is 0 Å². The number of hydrogen-bond acceptors (Lipinski definition) is 4. The molecule has 0 saturated heterocycles. The lowest BCUT2D eigenvalue weighted by molar-refractivity contribution is 0.0150. The normalized spacial score (nSPS) is 17.8. The average molecular weight is 375 g/mol. The van der Waals surface area contributed by atoms with E-state index in [-0.39, 0.29) is 34.6 Å². The van der Waals surface area contributed by atoms with Crippen LogP contribution in [0.1, 0.15) is 37.2 Å². The van der Waals surface area contributed by atoms with Gasteiger partial charge in [-0.15, -0.1) is 0 Å². The number of methoxy groups -OCH3 is 1. The molecule has 1 aromatic carbocycles. The number of nitrogens with one attached hydrogen (secondary N) is 1. The van der Waals surface area contributed by atoms with Gasteiger partial charge in [-0.05, 0) is 30.4 Å². The molecule has 1 fully saturated rings. The molecule has 0 aliphatic heterocycles. The van der Waals surface area contributed by atoms with E-state index >= 15 is 0 Å². The maximum atomic E-state index is 13.4. The maximum absolute atomic E-state index is 13.4. The molecule has 27 heavy (non-hydrogen) atoms. The van der Waals surface area contributed by atoms with Crippen LogP contribution in [0.2, 0.25) is 0 Å². The standard InChI is InChI=1S/C20H23F2N3O2/c1-20(2)6-5-17(20)25(3)19(26)16-10-15(27-4)11-18(24-16)23-14-8-12(21)7-13(22)9-14/h7-11,17H,5-6H2,1-4H3,(H,23,24). The van der Waals surface area contributed by atoms with Gasteiger partial charge in [0.25, 0.3) is 5.91 Å². The van der Waals surface area contributed by atoms with Crippen molar-refractivity contribution in [3.05, 3.63) is 47.7 Å². The van der Waals surface area contributed by atoms with Crippen LogP contribution in [0.15, 0.2) is 30.3 Å². The van der Waals surface area contributed by atoms with E-state index in [9.17, 15) is 13.6 Å². The fraction of sp³-hybridized carbons (Fsp3) is 0.400. The van der Waals surface area contributed by atoms with Crippen molar-refractivity contribution in [2.45, 2.75) is 32.7 Å². The third-order valence-corrected chi connectivity index (χ3v) is 5.14. The molecule has 1 aromatic heterocycles. The molecule has 1 unspecified atom stereocenters. The van der Waals surface area contributed by atoms with Gasteiger partial charge >= 0.3 is 0 Å². The lowest BCUT2D eigenvalue weighted by Gasteiger charge is -2.49. The van der Waals surface area contributed by atoms with Crippen LogP contribution < -0.4 is 10.1 Å². The van der Waals surface area contributed by atoms with Crippen molar-refractivity contribution >= 4 is 17.4 Å². The Morgan fingerprint density at radius 3 is 2.41 bits per heavy atom. The zero-order chi connectivity index (χ0) is 19.8. The minimum Gasteiger partial charge on any atom is -0.497 e. The number of nitrogens with zero attached hydrogens (tertiary/aromatic N) is 2. The molecule has 2 aromatic rings. The Hall–Kier alpha value is -2.70. The van der Waals surface area contributed by atoms with Crippen molar-refractivity contribution in [2.75, 3.05) is 19.5 Å². The van der Waals surface area contributed by atoms with Gasteiger partial charge in [-0.1, -0.05) is 13.8 Å². The second-order valence-electron chi connectivity index (χ2n) is 7.52. The number of aromatic nitrogens is 1. The van der Waals surface area contributed by atoms with E-state index in [1.54, 1.807) is 24.1 Å². The summed E-state index contributed by atoms with van der Waals surface area (Å²) >= 11 is 0. The number of rotatable bonds is 5. The van der Waals surface area contributed by atoms with E-state index in [1.165, 1.54) is 7.11 Å². The predicted octanol–water partition coefficient (Wildman–Crippen LogP) is 4.37. The first-order valence-electron chi connectivity index (χ1n) is 8.76. The number of carbonyl (C=O) groups excluding carboxylic acids is 1. The molecule has 5 nitrogen and oxygen atoms in total. The Labute approximate surface area is 157 Å². The molecule has 1 aliphatic carbocycles. The summed E-state index contributed by atoms with van der Waals surface area (Å²) in [6.45, 7) is 4.27. The van der Waals surface area contributed by atoms with Crippen LogP contribution in [0.4, 0.5) is 20.3 Å². The van der Waals surface area contributed by atoms with Gasteiger partial charge in [0.05, 0.1) is 7.11 Å². The lowest BCUT2D eigenvalue weighted by atomic mass is 9.66. The first-order chi connectivity index (χ1) is 12.7. The van der Waals surface area contributed by atoms with Gasteiger partial charge in [-0.3, -0.25) is 4.79 Å². The van der Waals surface area contributed by atoms with Gasteiger partial charge in [0.1, 0.15) is 28.9 Å². The number of pyridine rings is 1. The fourth-order valence-corrected chi connectivity index (χ4v) is 3.46. The smallest absolute Gasteiger partial charge is 0.272 e. The highest BCUT2D eigenvalue weighted by Gasteiger charge is 2.42. The fourth-order valence-electron chi connectivity index (χ4n) is 3.46. The van der Waals surface area contributed by atoms with Crippen LogP contribution in [0.5, 0.6) is 5.75 Å². The van der Waals surface area contributed by atoms with Crippen molar-refractivity contribution in [1.29, 1.82) is 0 Å². The summed E-state index contributed by atoms with van der Waals surface area (Å²) < 4.78 is 32.1. The highest BCUT2D eigenvalue weighted by molar-refractivity contribution is 5.93. The highest BCUT2D eigenvalue weighted by atomic mass is 19.1. The second-order valence-corrected chi connectivity index (χ2v) is 7.52. The number of anilines is 2. The van der Waals surface area contributed by atoms with Crippen molar-refractivity contribution in [3.8, 4) is 5.75 Å². The Bertz CT molecular complexity index is 850. The minimum absolute atomic E-state index is 0.0729. The minimum atomic E-state index is -0.705. The number of carbonyl (C=O) groups is 1. The van der Waals surface area contributed by atoms with Crippen molar-refractivity contribution in [1.82, 2.24) is 9.88 Å². The molecule has 1 atom stereocenters. The summed E-state index contributed by atoms with van der Waals surface area (Å²) in [6.07, 6.45) is 2.02. The van der Waals surface area contributed by atoms with E-state index in [1.807, 2.05) is 0 Å². The van der Waals surface area contributed by atoms with Crippen molar-refractivity contribution < 1.29 is 18.3 Å². The van der Waals surface area contributed by atoms with Crippen LogP contribution in [-0.2, 0) is 0 Å². The summed E-state index contributed by atoms with van der Waals surface area (Å²) in [6, 6.07) is 6.35. The second kappa shape index (κ2) is 7.13. The summed E-state index contributed by atoms with van der Waals surface area (Å²) in [5.41, 5.74) is 0.475. The first kappa shape index (κ1) is 19.1. The quantitative estimate of drug-likeness (QED) is 0.843. The van der Waals surface area contributed by atoms with Gasteiger partial charge in [0, 0.05) is 37.0 Å². The van der Waals surface area contributed by atoms with Crippen molar-refractivity contribution in [3.63, 3.8) is 0 Å². The number of halogens is 2. The molecule has 7 heteroatoms. The summed E-state index contributed by atoms with van der Waals surface area (Å²) in [5.74, 6) is -0.939. The molecule has 0 spiro atoms. The molecule has 3 rings (SSSR count). The Balaban J connectivity index is 1.88. The monoisotopic (exact) mass is 375 g/mol. The number of amides is 1. The number of hydrogen-bond donors (Lipinski definition) is 1. The largest absolute Gasteiger partial charge is 0.497 e. The molecule has 1 heterocycles. The molecule has 0 bridgehead atoms. The Morgan fingerprint density at radius 1 is 1.22 bits per heavy atom.